The average molecular weight is 436 g/mol. The van der Waals surface area contributed by atoms with Gasteiger partial charge in [-0.3, -0.25) is 10.1 Å². The van der Waals surface area contributed by atoms with Crippen LogP contribution in [-0.2, 0) is 17.9 Å². The van der Waals surface area contributed by atoms with Gasteiger partial charge in [0.1, 0.15) is 11.8 Å². The van der Waals surface area contributed by atoms with E-state index in [1.54, 1.807) is 6.20 Å². The Bertz CT molecular complexity index is 1110. The molecule has 1 N–H and O–H groups in total. The fourth-order valence-corrected chi connectivity index (χ4v) is 4.25. The van der Waals surface area contributed by atoms with Crippen LogP contribution in [0.15, 0.2) is 66.2 Å². The van der Waals surface area contributed by atoms with Crippen molar-refractivity contribution in [3.05, 3.63) is 77.3 Å². The molecule has 0 saturated carbocycles. The van der Waals surface area contributed by atoms with Crippen molar-refractivity contribution in [1.29, 1.82) is 0 Å². The van der Waals surface area contributed by atoms with E-state index in [4.69, 9.17) is 16.3 Å². The van der Waals surface area contributed by atoms with E-state index in [1.165, 1.54) is 0 Å². The van der Waals surface area contributed by atoms with Gasteiger partial charge in [0.05, 0.1) is 30.2 Å². The van der Waals surface area contributed by atoms with Gasteiger partial charge >= 0.3 is 0 Å². The van der Waals surface area contributed by atoms with Crippen LogP contribution in [0.3, 0.4) is 0 Å². The van der Waals surface area contributed by atoms with Gasteiger partial charge in [-0.15, -0.1) is 0 Å². The Labute approximate surface area is 185 Å². The van der Waals surface area contributed by atoms with Crippen LogP contribution in [0.2, 0.25) is 5.02 Å². The number of nitrogens with one attached hydrogen (secondary N) is 1. The van der Waals surface area contributed by atoms with E-state index in [1.807, 2.05) is 59.9 Å². The number of fused-ring (bicyclic) bond motifs is 2. The van der Waals surface area contributed by atoms with Crippen LogP contribution >= 0.6 is 11.6 Å². The molecule has 2 aliphatic rings. The predicted molar refractivity (Wildman–Crippen MR) is 118 cm³/mol. The van der Waals surface area contributed by atoms with Gasteiger partial charge in [0.15, 0.2) is 0 Å². The molecule has 1 atom stereocenters. The summed E-state index contributed by atoms with van der Waals surface area (Å²) in [6.45, 7) is 1.98. The highest BCUT2D eigenvalue weighted by atomic mass is 35.5. The average Bonchev–Trinajstić information content (AvgIpc) is 3.41. The second kappa shape index (κ2) is 8.43. The van der Waals surface area contributed by atoms with Gasteiger partial charge in [-0.2, -0.15) is 0 Å². The van der Waals surface area contributed by atoms with Crippen molar-refractivity contribution < 1.29 is 9.53 Å². The zero-order chi connectivity index (χ0) is 21.2. The Morgan fingerprint density at radius 1 is 1.16 bits per heavy atom. The third-order valence-corrected chi connectivity index (χ3v) is 5.96. The number of ether oxygens (including phenoxy) is 1. The van der Waals surface area contributed by atoms with Crippen LogP contribution in [0, 0.1) is 0 Å². The molecule has 3 heterocycles. The number of unbranched alkanes of at least 4 members (excludes halogenated alkanes) is 1. The molecule has 1 unspecified atom stereocenters. The highest BCUT2D eigenvalue weighted by Gasteiger charge is 2.40. The minimum atomic E-state index is -0.420. The maximum atomic E-state index is 12.6. The molecule has 0 aliphatic carbocycles. The van der Waals surface area contributed by atoms with Crippen molar-refractivity contribution in [3.63, 3.8) is 0 Å². The largest absolute Gasteiger partial charge is 0.492 e. The first-order valence-electron chi connectivity index (χ1n) is 10.3. The highest BCUT2D eigenvalue weighted by Crippen LogP contribution is 2.41. The molecule has 8 heteroatoms. The Morgan fingerprint density at radius 2 is 2.03 bits per heavy atom. The summed E-state index contributed by atoms with van der Waals surface area (Å²) in [7, 11) is 0. The van der Waals surface area contributed by atoms with Crippen LogP contribution in [0.5, 0.6) is 5.75 Å². The second-order valence-electron chi connectivity index (χ2n) is 7.60. The first-order valence-corrected chi connectivity index (χ1v) is 10.7. The van der Waals surface area contributed by atoms with Gasteiger partial charge in [-0.25, -0.2) is 9.98 Å². The van der Waals surface area contributed by atoms with Gasteiger partial charge in [-0.1, -0.05) is 41.9 Å². The Hall–Kier alpha value is -3.32. The summed E-state index contributed by atoms with van der Waals surface area (Å²) in [5.74, 6) is 1.13. The molecule has 2 aliphatic heterocycles. The third-order valence-electron chi connectivity index (χ3n) is 5.55. The molecule has 0 bridgehead atoms. The summed E-state index contributed by atoms with van der Waals surface area (Å²) < 4.78 is 8.01. The fraction of sp³-hybridized carbons (Fsp3) is 0.261. The number of rotatable bonds is 7. The molecule has 1 amide bonds. The third kappa shape index (κ3) is 3.88. The van der Waals surface area contributed by atoms with Crippen molar-refractivity contribution in [2.45, 2.75) is 32.0 Å². The summed E-state index contributed by atoms with van der Waals surface area (Å²) in [4.78, 5) is 23.3. The number of aliphatic imine (C=N–C) groups is 1. The molecule has 31 heavy (non-hydrogen) atoms. The van der Waals surface area contributed by atoms with Gasteiger partial charge < -0.3 is 14.2 Å². The predicted octanol–water partition coefficient (Wildman–Crippen LogP) is 4.07. The van der Waals surface area contributed by atoms with Crippen molar-refractivity contribution in [3.8, 4) is 5.75 Å². The van der Waals surface area contributed by atoms with Crippen LogP contribution in [0.25, 0.3) is 0 Å². The number of amides is 1. The van der Waals surface area contributed by atoms with Gasteiger partial charge in [0.25, 0.3) is 5.91 Å². The van der Waals surface area contributed by atoms with Crippen molar-refractivity contribution in [2.24, 2.45) is 4.99 Å². The number of hydrogen-bond acceptors (Lipinski definition) is 5. The number of nitrogens with zero attached hydrogens (tertiary/aromatic N) is 4. The second-order valence-corrected chi connectivity index (χ2v) is 7.98. The molecule has 1 aromatic heterocycles. The molecule has 1 saturated heterocycles. The minimum absolute atomic E-state index is 0.0803. The highest BCUT2D eigenvalue weighted by molar-refractivity contribution is 6.33. The molecule has 1 fully saturated rings. The fourth-order valence-electron chi connectivity index (χ4n) is 3.98. The standard InChI is InChI=1S/C23H22ClN5O2/c24-20-17-14-29-21(16-6-2-1-3-7-16)22(30)27-23(29)26-18(17)8-9-19(20)31-13-5-4-11-28-12-10-25-15-28/h1-3,6-10,12,15,21H,4-5,11,13-14H2,(H,26,27,30). The number of guanidine groups is 1. The van der Waals surface area contributed by atoms with E-state index in [0.717, 1.165) is 36.2 Å². The molecule has 0 spiro atoms. The number of halogens is 1. The van der Waals surface area contributed by atoms with Crippen molar-refractivity contribution in [2.75, 3.05) is 6.61 Å². The summed E-state index contributed by atoms with van der Waals surface area (Å²) in [6.07, 6.45) is 7.46. The molecule has 7 nitrogen and oxygen atoms in total. The Morgan fingerprint density at radius 3 is 2.84 bits per heavy atom. The van der Waals surface area contributed by atoms with Crippen LogP contribution < -0.4 is 10.1 Å². The zero-order valence-electron chi connectivity index (χ0n) is 16.9. The Kier molecular flexibility index (Phi) is 5.34. The molecule has 5 rings (SSSR count). The van der Waals surface area contributed by atoms with E-state index in [2.05, 4.69) is 19.9 Å². The molecule has 0 radical (unpaired) electrons. The monoisotopic (exact) mass is 435 g/mol. The molecular weight excluding hydrogens is 414 g/mol. The van der Waals surface area contributed by atoms with Gasteiger partial charge in [-0.05, 0) is 30.5 Å². The minimum Gasteiger partial charge on any atom is -0.492 e. The Balaban J connectivity index is 1.28. The number of carbonyl (C=O) groups is 1. The quantitative estimate of drug-likeness (QED) is 0.568. The number of imidazole rings is 1. The first-order chi connectivity index (χ1) is 15.2. The lowest BCUT2D eigenvalue weighted by molar-refractivity contribution is -0.121. The summed E-state index contributed by atoms with van der Waals surface area (Å²) in [6, 6.07) is 13.0. The van der Waals surface area contributed by atoms with E-state index in [9.17, 15) is 4.79 Å². The van der Waals surface area contributed by atoms with E-state index in [-0.39, 0.29) is 5.91 Å². The maximum Gasteiger partial charge on any atom is 0.254 e. The topological polar surface area (TPSA) is 71.7 Å². The lowest BCUT2D eigenvalue weighted by atomic mass is 10.0. The smallest absolute Gasteiger partial charge is 0.254 e. The lowest BCUT2D eigenvalue weighted by Crippen LogP contribution is -2.33. The molecule has 2 aromatic carbocycles. The van der Waals surface area contributed by atoms with Gasteiger partial charge in [0, 0.05) is 24.5 Å². The first kappa shape index (κ1) is 19.6. The molecule has 3 aromatic rings. The SMILES string of the molecule is O=C1NC2=Nc3ccc(OCCCCn4ccnc4)c(Cl)c3CN2C1c1ccccc1. The van der Waals surface area contributed by atoms with Crippen LogP contribution in [0.4, 0.5) is 5.69 Å². The van der Waals surface area contributed by atoms with E-state index >= 15 is 0 Å². The van der Waals surface area contributed by atoms with Crippen LogP contribution in [0.1, 0.15) is 30.0 Å². The number of carbonyl (C=O) groups excluding carboxylic acids is 1. The molecule has 158 valence electrons. The van der Waals surface area contributed by atoms with Crippen molar-refractivity contribution in [1.82, 2.24) is 19.8 Å². The van der Waals surface area contributed by atoms with Crippen LogP contribution in [-0.4, -0.2) is 32.9 Å². The van der Waals surface area contributed by atoms with E-state index in [0.29, 0.717) is 29.9 Å². The van der Waals surface area contributed by atoms with Gasteiger partial charge in [0.2, 0.25) is 5.96 Å². The number of aromatic nitrogens is 2. The maximum absolute atomic E-state index is 12.6. The lowest BCUT2D eigenvalue weighted by Gasteiger charge is -2.29. The number of hydrogen-bond donors (Lipinski definition) is 1. The zero-order valence-corrected chi connectivity index (χ0v) is 17.6. The van der Waals surface area contributed by atoms with E-state index < -0.39 is 6.04 Å². The normalized spacial score (nSPS) is 17.1. The number of benzene rings is 2. The molecular formula is C23H22ClN5O2. The summed E-state index contributed by atoms with van der Waals surface area (Å²) >= 11 is 6.70. The van der Waals surface area contributed by atoms with Crippen molar-refractivity contribution >= 4 is 29.2 Å². The summed E-state index contributed by atoms with van der Waals surface area (Å²) in [5.41, 5.74) is 2.56. The number of aryl methyl sites for hydroxylation is 1. The summed E-state index contributed by atoms with van der Waals surface area (Å²) in [5, 5.41) is 3.45.